The monoisotopic (exact) mass is 349 g/mol. The standard InChI is InChI=1S/C16H16BrNO3/c1-8-9(2)21-10(3)15(8)16(17)11-4-5-13-12(6-11)18-14(19)7-20-13/h4-6,16H,7H2,1-3H3,(H,18,19). The Morgan fingerprint density at radius 2 is 2.00 bits per heavy atom. The van der Waals surface area contributed by atoms with Crippen LogP contribution in [0.3, 0.4) is 0 Å². The molecule has 0 spiro atoms. The van der Waals surface area contributed by atoms with E-state index in [1.165, 1.54) is 0 Å². The summed E-state index contributed by atoms with van der Waals surface area (Å²) in [6, 6.07) is 5.82. The number of alkyl halides is 1. The molecular formula is C16H16BrNO3. The maximum atomic E-state index is 11.4. The molecule has 1 unspecified atom stereocenters. The van der Waals surface area contributed by atoms with E-state index in [-0.39, 0.29) is 17.3 Å². The normalized spacial score (nSPS) is 15.1. The number of benzene rings is 1. The minimum atomic E-state index is -0.128. The third-order valence-electron chi connectivity index (χ3n) is 3.80. The second-order valence-corrected chi connectivity index (χ2v) is 6.12. The summed E-state index contributed by atoms with van der Waals surface area (Å²) >= 11 is 3.74. The lowest BCUT2D eigenvalue weighted by molar-refractivity contribution is -0.118. The number of ether oxygens (including phenoxy) is 1. The summed E-state index contributed by atoms with van der Waals surface area (Å²) in [5.41, 5.74) is 4.04. The topological polar surface area (TPSA) is 51.5 Å². The van der Waals surface area contributed by atoms with Gasteiger partial charge in [0.25, 0.3) is 5.91 Å². The van der Waals surface area contributed by atoms with E-state index in [1.54, 1.807) is 0 Å². The van der Waals surface area contributed by atoms with Gasteiger partial charge < -0.3 is 14.5 Å². The lowest BCUT2D eigenvalue weighted by atomic mass is 10.0. The number of hydrogen-bond donors (Lipinski definition) is 1. The molecule has 4 nitrogen and oxygen atoms in total. The van der Waals surface area contributed by atoms with Gasteiger partial charge in [0.05, 0.1) is 10.5 Å². The molecule has 1 aromatic heterocycles. The predicted molar refractivity (Wildman–Crippen MR) is 84.3 cm³/mol. The van der Waals surface area contributed by atoms with Crippen molar-refractivity contribution in [2.75, 3.05) is 11.9 Å². The van der Waals surface area contributed by atoms with E-state index in [4.69, 9.17) is 9.15 Å². The van der Waals surface area contributed by atoms with Gasteiger partial charge in [-0.05, 0) is 44.0 Å². The fraction of sp³-hybridized carbons (Fsp3) is 0.312. The van der Waals surface area contributed by atoms with Gasteiger partial charge in [-0.25, -0.2) is 0 Å². The third-order valence-corrected chi connectivity index (χ3v) is 4.79. The van der Waals surface area contributed by atoms with Gasteiger partial charge in [-0.3, -0.25) is 4.79 Å². The number of halogens is 1. The van der Waals surface area contributed by atoms with E-state index in [2.05, 4.69) is 28.2 Å². The molecule has 0 saturated heterocycles. The van der Waals surface area contributed by atoms with Gasteiger partial charge in [0.2, 0.25) is 0 Å². The summed E-state index contributed by atoms with van der Waals surface area (Å²) in [6.45, 7) is 6.06. The van der Waals surface area contributed by atoms with Crippen molar-refractivity contribution >= 4 is 27.5 Å². The lowest BCUT2D eigenvalue weighted by Crippen LogP contribution is -2.25. The van der Waals surface area contributed by atoms with Crippen molar-refractivity contribution in [1.82, 2.24) is 0 Å². The molecule has 3 rings (SSSR count). The Bertz CT molecular complexity index is 721. The fourth-order valence-corrected chi connectivity index (χ4v) is 3.56. The van der Waals surface area contributed by atoms with Crippen LogP contribution in [0.1, 0.15) is 33.0 Å². The number of anilines is 1. The van der Waals surface area contributed by atoms with E-state index >= 15 is 0 Å². The predicted octanol–water partition coefficient (Wildman–Crippen LogP) is 4.02. The number of rotatable bonds is 2. The van der Waals surface area contributed by atoms with Crippen LogP contribution in [-0.4, -0.2) is 12.5 Å². The number of carbonyl (C=O) groups excluding carboxylic acids is 1. The quantitative estimate of drug-likeness (QED) is 0.833. The summed E-state index contributed by atoms with van der Waals surface area (Å²) in [5.74, 6) is 2.42. The number of aryl methyl sites for hydroxylation is 2. The first-order valence-electron chi connectivity index (χ1n) is 6.74. The van der Waals surface area contributed by atoms with Crippen LogP contribution in [0, 0.1) is 20.8 Å². The third kappa shape index (κ3) is 2.46. The van der Waals surface area contributed by atoms with E-state index in [9.17, 15) is 4.79 Å². The average Bonchev–Trinajstić information content (AvgIpc) is 2.70. The molecule has 2 aromatic rings. The Morgan fingerprint density at radius 3 is 2.67 bits per heavy atom. The van der Waals surface area contributed by atoms with Gasteiger partial charge in [-0.1, -0.05) is 22.0 Å². The first-order valence-corrected chi connectivity index (χ1v) is 7.66. The highest BCUT2D eigenvalue weighted by Crippen LogP contribution is 2.40. The van der Waals surface area contributed by atoms with E-state index in [1.807, 2.05) is 32.0 Å². The Labute approximate surface area is 131 Å². The number of hydrogen-bond acceptors (Lipinski definition) is 3. The van der Waals surface area contributed by atoms with E-state index in [0.717, 1.165) is 28.2 Å². The molecule has 0 bridgehead atoms. The summed E-state index contributed by atoms with van der Waals surface area (Å²) in [6.07, 6.45) is 0. The Kier molecular flexibility index (Phi) is 3.53. The first kappa shape index (κ1) is 14.2. The molecule has 2 heterocycles. The van der Waals surface area contributed by atoms with Crippen molar-refractivity contribution in [2.45, 2.75) is 25.6 Å². The molecule has 0 fully saturated rings. The van der Waals surface area contributed by atoms with E-state index < -0.39 is 0 Å². The maximum absolute atomic E-state index is 11.4. The molecule has 5 heteroatoms. The maximum Gasteiger partial charge on any atom is 0.262 e. The number of furan rings is 1. The molecule has 1 N–H and O–H groups in total. The number of carbonyl (C=O) groups is 1. The molecule has 1 amide bonds. The molecule has 1 aromatic carbocycles. The SMILES string of the molecule is Cc1oc(C)c(C(Br)c2ccc3c(c2)NC(=O)CO3)c1C. The van der Waals surface area contributed by atoms with Crippen LogP contribution in [0.5, 0.6) is 5.75 Å². The second kappa shape index (κ2) is 5.22. The van der Waals surface area contributed by atoms with Crippen LogP contribution in [0.25, 0.3) is 0 Å². The molecule has 1 atom stereocenters. The minimum absolute atomic E-state index is 0.0130. The zero-order valence-electron chi connectivity index (χ0n) is 12.1. The van der Waals surface area contributed by atoms with Crippen molar-refractivity contribution in [3.63, 3.8) is 0 Å². The highest BCUT2D eigenvalue weighted by atomic mass is 79.9. The molecule has 1 aliphatic heterocycles. The van der Waals surface area contributed by atoms with Crippen molar-refractivity contribution in [3.05, 3.63) is 46.4 Å². The average molecular weight is 350 g/mol. The van der Waals surface area contributed by atoms with Crippen LogP contribution in [-0.2, 0) is 4.79 Å². The summed E-state index contributed by atoms with van der Waals surface area (Å²) in [7, 11) is 0. The van der Waals surface area contributed by atoms with Gasteiger partial charge in [0.1, 0.15) is 17.3 Å². The molecule has 0 saturated carbocycles. The highest BCUT2D eigenvalue weighted by Gasteiger charge is 2.23. The van der Waals surface area contributed by atoms with Gasteiger partial charge >= 0.3 is 0 Å². The summed E-state index contributed by atoms with van der Waals surface area (Å²) < 4.78 is 11.1. The van der Waals surface area contributed by atoms with Crippen molar-refractivity contribution in [1.29, 1.82) is 0 Å². The van der Waals surface area contributed by atoms with Gasteiger partial charge in [-0.15, -0.1) is 0 Å². The Hall–Kier alpha value is -1.75. The van der Waals surface area contributed by atoms with E-state index in [0.29, 0.717) is 11.4 Å². The second-order valence-electron chi connectivity index (χ2n) is 5.21. The number of amides is 1. The zero-order chi connectivity index (χ0) is 15.1. The molecule has 1 aliphatic rings. The van der Waals surface area contributed by atoms with Crippen LogP contribution in [0.2, 0.25) is 0 Å². The van der Waals surface area contributed by atoms with Crippen LogP contribution >= 0.6 is 15.9 Å². The van der Waals surface area contributed by atoms with Crippen LogP contribution in [0.15, 0.2) is 22.6 Å². The van der Waals surface area contributed by atoms with Crippen LogP contribution < -0.4 is 10.1 Å². The number of nitrogens with one attached hydrogen (secondary N) is 1. The molecule has 21 heavy (non-hydrogen) atoms. The minimum Gasteiger partial charge on any atom is -0.482 e. The van der Waals surface area contributed by atoms with Gasteiger partial charge in [0, 0.05) is 5.56 Å². The fourth-order valence-electron chi connectivity index (χ4n) is 2.61. The molecule has 0 radical (unpaired) electrons. The van der Waals surface area contributed by atoms with Gasteiger partial charge in [-0.2, -0.15) is 0 Å². The smallest absolute Gasteiger partial charge is 0.262 e. The Balaban J connectivity index is 2.00. The zero-order valence-corrected chi connectivity index (χ0v) is 13.7. The van der Waals surface area contributed by atoms with Crippen molar-refractivity contribution in [2.24, 2.45) is 0 Å². The highest BCUT2D eigenvalue weighted by molar-refractivity contribution is 9.09. The lowest BCUT2D eigenvalue weighted by Gasteiger charge is -2.20. The van der Waals surface area contributed by atoms with Crippen molar-refractivity contribution in [3.8, 4) is 5.75 Å². The Morgan fingerprint density at radius 1 is 1.24 bits per heavy atom. The summed E-state index contributed by atoms with van der Waals surface area (Å²) in [5, 5.41) is 2.83. The molecular weight excluding hydrogens is 334 g/mol. The largest absolute Gasteiger partial charge is 0.482 e. The molecule has 0 aliphatic carbocycles. The molecule has 110 valence electrons. The van der Waals surface area contributed by atoms with Crippen LogP contribution in [0.4, 0.5) is 5.69 Å². The van der Waals surface area contributed by atoms with Crippen molar-refractivity contribution < 1.29 is 13.9 Å². The number of fused-ring (bicyclic) bond motifs is 1. The summed E-state index contributed by atoms with van der Waals surface area (Å²) in [4.78, 5) is 11.4. The first-order chi connectivity index (χ1) is 9.97. The van der Waals surface area contributed by atoms with Gasteiger partial charge in [0.15, 0.2) is 6.61 Å².